The topological polar surface area (TPSA) is 69.6 Å². The number of para-hydroxylation sites is 1. The van der Waals surface area contributed by atoms with Crippen LogP contribution in [0.3, 0.4) is 0 Å². The molecule has 0 aromatic heterocycles. The van der Waals surface area contributed by atoms with Gasteiger partial charge in [0.2, 0.25) is 0 Å². The fraction of sp³-hybridized carbons (Fsp3) is 0.500. The molecule has 21 heavy (non-hydrogen) atoms. The van der Waals surface area contributed by atoms with Gasteiger partial charge in [0.1, 0.15) is 6.04 Å². The van der Waals surface area contributed by atoms with Gasteiger partial charge in [-0.15, -0.1) is 0 Å². The predicted octanol–water partition coefficient (Wildman–Crippen LogP) is 3.16. The quantitative estimate of drug-likeness (QED) is 0.879. The van der Waals surface area contributed by atoms with Gasteiger partial charge in [-0.05, 0) is 37.8 Å². The van der Waals surface area contributed by atoms with E-state index in [9.17, 15) is 14.7 Å². The van der Waals surface area contributed by atoms with Gasteiger partial charge in [0.05, 0.1) is 0 Å². The molecule has 1 atom stereocenters. The maximum Gasteiger partial charge on any atom is 0.326 e. The molecule has 0 bridgehead atoms. The molecule has 5 heteroatoms. The van der Waals surface area contributed by atoms with Gasteiger partial charge in [0.15, 0.2) is 0 Å². The van der Waals surface area contributed by atoms with E-state index in [1.165, 1.54) is 4.90 Å². The molecule has 2 N–H and O–H groups in total. The van der Waals surface area contributed by atoms with Crippen molar-refractivity contribution < 1.29 is 14.7 Å². The van der Waals surface area contributed by atoms with E-state index >= 15 is 0 Å². The smallest absolute Gasteiger partial charge is 0.326 e. The largest absolute Gasteiger partial charge is 0.480 e. The second-order valence-corrected chi connectivity index (χ2v) is 5.59. The third kappa shape index (κ3) is 3.54. The normalized spacial score (nSPS) is 19.0. The number of nitrogens with zero attached hydrogens (tertiary/aromatic N) is 1. The zero-order valence-corrected chi connectivity index (χ0v) is 12.6. The van der Waals surface area contributed by atoms with Crippen LogP contribution in [0.2, 0.25) is 0 Å². The van der Waals surface area contributed by atoms with E-state index in [0.717, 1.165) is 36.1 Å². The molecule has 2 rings (SSSR count). The Hall–Kier alpha value is -2.04. The van der Waals surface area contributed by atoms with Crippen molar-refractivity contribution in [3.05, 3.63) is 29.3 Å². The zero-order chi connectivity index (χ0) is 15.4. The fourth-order valence-electron chi connectivity index (χ4n) is 2.80. The number of rotatable bonds is 2. The second-order valence-electron chi connectivity index (χ2n) is 5.59. The maximum atomic E-state index is 12.5. The summed E-state index contributed by atoms with van der Waals surface area (Å²) in [6, 6.07) is 4.75. The Labute approximate surface area is 125 Å². The first-order valence-corrected chi connectivity index (χ1v) is 7.37. The summed E-state index contributed by atoms with van der Waals surface area (Å²) in [6.07, 6.45) is 3.19. The second kappa shape index (κ2) is 6.61. The number of carbonyl (C=O) groups is 2. The van der Waals surface area contributed by atoms with E-state index in [1.807, 2.05) is 32.0 Å². The van der Waals surface area contributed by atoms with E-state index in [-0.39, 0.29) is 6.03 Å². The van der Waals surface area contributed by atoms with Gasteiger partial charge >= 0.3 is 12.0 Å². The average molecular weight is 290 g/mol. The van der Waals surface area contributed by atoms with Gasteiger partial charge in [-0.3, -0.25) is 0 Å². The summed E-state index contributed by atoms with van der Waals surface area (Å²) in [7, 11) is 0. The lowest BCUT2D eigenvalue weighted by Gasteiger charge is -2.27. The number of aliphatic carboxylic acids is 1. The molecule has 0 radical (unpaired) electrons. The van der Waals surface area contributed by atoms with Gasteiger partial charge in [-0.1, -0.05) is 31.0 Å². The van der Waals surface area contributed by atoms with Crippen LogP contribution in [0.4, 0.5) is 10.5 Å². The van der Waals surface area contributed by atoms with Crippen LogP contribution in [0, 0.1) is 13.8 Å². The van der Waals surface area contributed by atoms with Crippen molar-refractivity contribution in [2.45, 2.75) is 45.6 Å². The Balaban J connectivity index is 2.19. The molecule has 5 nitrogen and oxygen atoms in total. The third-order valence-corrected chi connectivity index (χ3v) is 4.01. The van der Waals surface area contributed by atoms with Gasteiger partial charge in [0, 0.05) is 12.2 Å². The van der Waals surface area contributed by atoms with E-state index in [4.69, 9.17) is 0 Å². The number of nitrogens with one attached hydrogen (secondary N) is 1. The molecule has 2 amide bonds. The number of likely N-dealkylation sites (tertiary alicyclic amines) is 1. The lowest BCUT2D eigenvalue weighted by Crippen LogP contribution is -2.46. The maximum absolute atomic E-state index is 12.5. The Kier molecular flexibility index (Phi) is 4.83. The van der Waals surface area contributed by atoms with Crippen LogP contribution in [0.25, 0.3) is 0 Å². The molecule has 1 aromatic carbocycles. The molecule has 1 saturated heterocycles. The van der Waals surface area contributed by atoms with Gasteiger partial charge in [0.25, 0.3) is 0 Å². The number of urea groups is 1. The molecular weight excluding hydrogens is 268 g/mol. The molecule has 1 aliphatic heterocycles. The first kappa shape index (κ1) is 15.4. The van der Waals surface area contributed by atoms with Crippen molar-refractivity contribution in [3.8, 4) is 0 Å². The molecule has 1 heterocycles. The lowest BCUT2D eigenvalue weighted by atomic mass is 10.1. The number of amides is 2. The average Bonchev–Trinajstić information content (AvgIpc) is 2.68. The minimum atomic E-state index is -0.923. The first-order valence-electron chi connectivity index (χ1n) is 7.37. The van der Waals surface area contributed by atoms with E-state index < -0.39 is 12.0 Å². The molecule has 1 unspecified atom stereocenters. The SMILES string of the molecule is Cc1cccc(C)c1NC(=O)N1CCCCCC1C(=O)O. The van der Waals surface area contributed by atoms with Crippen molar-refractivity contribution in [1.29, 1.82) is 0 Å². The van der Waals surface area contributed by atoms with Crippen molar-refractivity contribution in [2.24, 2.45) is 0 Å². The third-order valence-electron chi connectivity index (χ3n) is 4.01. The van der Waals surface area contributed by atoms with Gasteiger partial charge in [-0.2, -0.15) is 0 Å². The van der Waals surface area contributed by atoms with Crippen molar-refractivity contribution in [1.82, 2.24) is 4.90 Å². The van der Waals surface area contributed by atoms with Crippen LogP contribution in [-0.4, -0.2) is 34.6 Å². The van der Waals surface area contributed by atoms with Crippen LogP contribution >= 0.6 is 0 Å². The van der Waals surface area contributed by atoms with E-state index in [2.05, 4.69) is 5.32 Å². The summed E-state index contributed by atoms with van der Waals surface area (Å²) in [5, 5.41) is 12.2. The number of aryl methyl sites for hydroxylation is 2. The molecular formula is C16H22N2O3. The predicted molar refractivity (Wildman–Crippen MR) is 81.5 cm³/mol. The lowest BCUT2D eigenvalue weighted by molar-refractivity contribution is -0.142. The minimum absolute atomic E-state index is 0.318. The number of carbonyl (C=O) groups excluding carboxylic acids is 1. The Morgan fingerprint density at radius 1 is 1.19 bits per heavy atom. The Morgan fingerprint density at radius 2 is 1.86 bits per heavy atom. The van der Waals surface area contributed by atoms with Crippen LogP contribution < -0.4 is 5.32 Å². The summed E-state index contributed by atoms with van der Waals surface area (Å²) < 4.78 is 0. The van der Waals surface area contributed by atoms with Crippen LogP contribution in [0.1, 0.15) is 36.8 Å². The van der Waals surface area contributed by atoms with E-state index in [1.54, 1.807) is 0 Å². The summed E-state index contributed by atoms with van der Waals surface area (Å²) >= 11 is 0. The van der Waals surface area contributed by atoms with Crippen molar-refractivity contribution in [3.63, 3.8) is 0 Å². The fourth-order valence-corrected chi connectivity index (χ4v) is 2.80. The van der Waals surface area contributed by atoms with Crippen LogP contribution in [-0.2, 0) is 4.79 Å². The van der Waals surface area contributed by atoms with Crippen LogP contribution in [0.5, 0.6) is 0 Å². The van der Waals surface area contributed by atoms with Crippen molar-refractivity contribution in [2.75, 3.05) is 11.9 Å². The van der Waals surface area contributed by atoms with Gasteiger partial charge in [-0.25, -0.2) is 9.59 Å². The number of hydrogen-bond acceptors (Lipinski definition) is 2. The molecule has 0 aliphatic carbocycles. The zero-order valence-electron chi connectivity index (χ0n) is 12.6. The number of carboxylic acids is 1. The van der Waals surface area contributed by atoms with Crippen LogP contribution in [0.15, 0.2) is 18.2 Å². The molecule has 0 saturated carbocycles. The monoisotopic (exact) mass is 290 g/mol. The molecule has 1 fully saturated rings. The van der Waals surface area contributed by atoms with E-state index in [0.29, 0.717) is 13.0 Å². The van der Waals surface area contributed by atoms with Crippen molar-refractivity contribution >= 4 is 17.7 Å². The molecule has 0 spiro atoms. The molecule has 114 valence electrons. The highest BCUT2D eigenvalue weighted by Crippen LogP contribution is 2.22. The highest BCUT2D eigenvalue weighted by molar-refractivity contribution is 5.93. The highest BCUT2D eigenvalue weighted by atomic mass is 16.4. The minimum Gasteiger partial charge on any atom is -0.480 e. The number of anilines is 1. The molecule has 1 aromatic rings. The first-order chi connectivity index (χ1) is 10.0. The number of benzene rings is 1. The summed E-state index contributed by atoms with van der Waals surface area (Å²) in [5.41, 5.74) is 2.73. The molecule has 1 aliphatic rings. The van der Waals surface area contributed by atoms with Gasteiger partial charge < -0.3 is 15.3 Å². The number of carboxylic acid groups (broad SMARTS) is 1. The summed E-state index contributed by atoms with van der Waals surface area (Å²) in [5.74, 6) is -0.923. The summed E-state index contributed by atoms with van der Waals surface area (Å²) in [6.45, 7) is 4.35. The highest BCUT2D eigenvalue weighted by Gasteiger charge is 2.31. The summed E-state index contributed by atoms with van der Waals surface area (Å²) in [4.78, 5) is 25.3. The number of hydrogen-bond donors (Lipinski definition) is 2. The Morgan fingerprint density at radius 3 is 2.48 bits per heavy atom. The standard InChI is InChI=1S/C16H22N2O3/c1-11-7-6-8-12(2)14(11)17-16(21)18-10-5-3-4-9-13(18)15(19)20/h6-8,13H,3-5,9-10H2,1-2H3,(H,17,21)(H,19,20). The Bertz CT molecular complexity index is 522.